The van der Waals surface area contributed by atoms with Crippen molar-refractivity contribution in [1.82, 2.24) is 9.80 Å². The van der Waals surface area contributed by atoms with Crippen molar-refractivity contribution in [1.29, 1.82) is 0 Å². The molecule has 0 bridgehead atoms. The largest absolute Gasteiger partial charge is 0.396 e. The Labute approximate surface area is 99.4 Å². The lowest BCUT2D eigenvalue weighted by molar-refractivity contribution is 0.165. The topological polar surface area (TPSA) is 26.7 Å². The summed E-state index contributed by atoms with van der Waals surface area (Å²) in [6.07, 6.45) is 5.55. The van der Waals surface area contributed by atoms with E-state index in [1.165, 1.54) is 51.9 Å². The van der Waals surface area contributed by atoms with E-state index in [-0.39, 0.29) is 0 Å². The number of nitrogens with zero attached hydrogens (tertiary/aromatic N) is 2. The average Bonchev–Trinajstić information content (AvgIpc) is 2.49. The summed E-state index contributed by atoms with van der Waals surface area (Å²) in [4.78, 5) is 4.99. The Morgan fingerprint density at radius 1 is 1.00 bits per heavy atom. The second-order valence-electron chi connectivity index (χ2n) is 5.64. The number of aliphatic hydroxyl groups is 1. The molecule has 2 rings (SSSR count). The summed E-state index contributed by atoms with van der Waals surface area (Å²) in [6, 6.07) is 0. The van der Waals surface area contributed by atoms with Crippen LogP contribution >= 0.6 is 0 Å². The maximum Gasteiger partial charge on any atom is 0.0475 e. The van der Waals surface area contributed by atoms with Crippen molar-refractivity contribution in [2.24, 2.45) is 11.8 Å². The summed E-state index contributed by atoms with van der Waals surface area (Å²) in [5.74, 6) is 1.20. The molecule has 0 aromatic heterocycles. The molecule has 94 valence electrons. The predicted octanol–water partition coefficient (Wildman–Crippen LogP) is 1.03. The molecule has 0 radical (unpaired) electrons. The summed E-state index contributed by atoms with van der Waals surface area (Å²) < 4.78 is 0. The SMILES string of the molecule is CN1C[C@H](CO)[C@H](CN2CCCCCC2)C1. The van der Waals surface area contributed by atoms with Gasteiger partial charge in [-0.3, -0.25) is 0 Å². The zero-order valence-corrected chi connectivity index (χ0v) is 10.6. The molecule has 2 fully saturated rings. The molecule has 2 heterocycles. The summed E-state index contributed by atoms with van der Waals surface area (Å²) in [7, 11) is 2.17. The van der Waals surface area contributed by atoms with E-state index in [9.17, 15) is 5.11 Å². The Balaban J connectivity index is 1.82. The van der Waals surface area contributed by atoms with Crippen LogP contribution in [-0.2, 0) is 0 Å². The van der Waals surface area contributed by atoms with Gasteiger partial charge < -0.3 is 14.9 Å². The molecular formula is C13H26N2O. The number of hydrogen-bond acceptors (Lipinski definition) is 3. The van der Waals surface area contributed by atoms with E-state index in [4.69, 9.17) is 0 Å². The molecule has 0 aliphatic carbocycles. The third kappa shape index (κ3) is 3.19. The molecule has 2 saturated heterocycles. The molecule has 1 N–H and O–H groups in total. The van der Waals surface area contributed by atoms with Gasteiger partial charge in [-0.2, -0.15) is 0 Å². The number of rotatable bonds is 3. The molecule has 2 atom stereocenters. The van der Waals surface area contributed by atoms with E-state index in [1.807, 2.05) is 0 Å². The zero-order chi connectivity index (χ0) is 11.4. The van der Waals surface area contributed by atoms with Crippen LogP contribution < -0.4 is 0 Å². The normalized spacial score (nSPS) is 34.1. The molecule has 0 aromatic carbocycles. The van der Waals surface area contributed by atoms with Crippen LogP contribution in [0.15, 0.2) is 0 Å². The zero-order valence-electron chi connectivity index (χ0n) is 10.6. The quantitative estimate of drug-likeness (QED) is 0.779. The van der Waals surface area contributed by atoms with E-state index >= 15 is 0 Å². The molecule has 0 saturated carbocycles. The summed E-state index contributed by atoms with van der Waals surface area (Å²) in [5, 5.41) is 9.39. The van der Waals surface area contributed by atoms with Crippen LogP contribution in [0, 0.1) is 11.8 Å². The van der Waals surface area contributed by atoms with Crippen molar-refractivity contribution < 1.29 is 5.11 Å². The van der Waals surface area contributed by atoms with Crippen LogP contribution in [0.3, 0.4) is 0 Å². The monoisotopic (exact) mass is 226 g/mol. The van der Waals surface area contributed by atoms with Crippen molar-refractivity contribution in [2.75, 3.05) is 46.4 Å². The van der Waals surface area contributed by atoms with Gasteiger partial charge >= 0.3 is 0 Å². The van der Waals surface area contributed by atoms with Gasteiger partial charge in [-0.15, -0.1) is 0 Å². The third-order valence-corrected chi connectivity index (χ3v) is 4.18. The molecule has 0 unspecified atom stereocenters. The summed E-state index contributed by atoms with van der Waals surface area (Å²) in [6.45, 7) is 6.37. The molecule has 3 nitrogen and oxygen atoms in total. The first kappa shape index (κ1) is 12.3. The number of hydrogen-bond donors (Lipinski definition) is 1. The van der Waals surface area contributed by atoms with Crippen molar-refractivity contribution in [3.05, 3.63) is 0 Å². The predicted molar refractivity (Wildman–Crippen MR) is 66.5 cm³/mol. The Kier molecular flexibility index (Phi) is 4.62. The van der Waals surface area contributed by atoms with Gasteiger partial charge in [0.1, 0.15) is 0 Å². The molecule has 0 spiro atoms. The Morgan fingerprint density at radius 2 is 1.62 bits per heavy atom. The van der Waals surface area contributed by atoms with Crippen LogP contribution in [0.25, 0.3) is 0 Å². The summed E-state index contributed by atoms with van der Waals surface area (Å²) >= 11 is 0. The van der Waals surface area contributed by atoms with Gasteiger partial charge in [-0.25, -0.2) is 0 Å². The fraction of sp³-hybridized carbons (Fsp3) is 1.00. The standard InChI is InChI=1S/C13H26N2O/c1-14-8-12(13(9-14)11-16)10-15-6-4-2-3-5-7-15/h12-13,16H,2-11H2,1H3/t12-,13+/m0/s1. The lowest BCUT2D eigenvalue weighted by Crippen LogP contribution is -2.34. The fourth-order valence-electron chi connectivity index (χ4n) is 3.24. The lowest BCUT2D eigenvalue weighted by atomic mass is 9.96. The second kappa shape index (κ2) is 5.99. The molecule has 3 heteroatoms. The van der Waals surface area contributed by atoms with Crippen molar-refractivity contribution in [3.8, 4) is 0 Å². The van der Waals surface area contributed by atoms with Gasteiger partial charge in [0.25, 0.3) is 0 Å². The van der Waals surface area contributed by atoms with Crippen LogP contribution in [-0.4, -0.2) is 61.3 Å². The first-order valence-corrected chi connectivity index (χ1v) is 6.81. The van der Waals surface area contributed by atoms with Gasteiger partial charge in [-0.05, 0) is 44.8 Å². The Hall–Kier alpha value is -0.120. The van der Waals surface area contributed by atoms with E-state index in [2.05, 4.69) is 16.8 Å². The van der Waals surface area contributed by atoms with Crippen LogP contribution in [0.4, 0.5) is 0 Å². The van der Waals surface area contributed by atoms with Gasteiger partial charge in [0.2, 0.25) is 0 Å². The highest BCUT2D eigenvalue weighted by Gasteiger charge is 2.31. The second-order valence-corrected chi connectivity index (χ2v) is 5.64. The van der Waals surface area contributed by atoms with Crippen LogP contribution in [0.1, 0.15) is 25.7 Å². The molecule has 0 aromatic rings. The van der Waals surface area contributed by atoms with E-state index in [0.717, 1.165) is 6.54 Å². The average molecular weight is 226 g/mol. The number of aliphatic hydroxyl groups excluding tert-OH is 1. The maximum absolute atomic E-state index is 9.39. The van der Waals surface area contributed by atoms with Crippen molar-refractivity contribution in [2.45, 2.75) is 25.7 Å². The maximum atomic E-state index is 9.39. The highest BCUT2D eigenvalue weighted by molar-refractivity contribution is 4.84. The minimum atomic E-state index is 0.364. The highest BCUT2D eigenvalue weighted by Crippen LogP contribution is 2.23. The van der Waals surface area contributed by atoms with Crippen molar-refractivity contribution in [3.63, 3.8) is 0 Å². The Morgan fingerprint density at radius 3 is 2.25 bits per heavy atom. The van der Waals surface area contributed by atoms with Gasteiger partial charge in [0.05, 0.1) is 0 Å². The van der Waals surface area contributed by atoms with E-state index in [1.54, 1.807) is 0 Å². The fourth-order valence-corrected chi connectivity index (χ4v) is 3.24. The summed E-state index contributed by atoms with van der Waals surface area (Å²) in [5.41, 5.74) is 0. The molecular weight excluding hydrogens is 200 g/mol. The molecule has 0 amide bonds. The van der Waals surface area contributed by atoms with Crippen LogP contribution in [0.2, 0.25) is 0 Å². The number of likely N-dealkylation sites (tertiary alicyclic amines) is 2. The first-order valence-electron chi connectivity index (χ1n) is 6.81. The molecule has 2 aliphatic rings. The minimum absolute atomic E-state index is 0.364. The van der Waals surface area contributed by atoms with Crippen molar-refractivity contribution >= 4 is 0 Å². The first-order chi connectivity index (χ1) is 7.79. The van der Waals surface area contributed by atoms with E-state index in [0.29, 0.717) is 18.4 Å². The smallest absolute Gasteiger partial charge is 0.0475 e. The highest BCUT2D eigenvalue weighted by atomic mass is 16.3. The molecule has 2 aliphatic heterocycles. The van der Waals surface area contributed by atoms with Gasteiger partial charge in [0, 0.05) is 26.2 Å². The van der Waals surface area contributed by atoms with E-state index < -0.39 is 0 Å². The molecule has 16 heavy (non-hydrogen) atoms. The van der Waals surface area contributed by atoms with Gasteiger partial charge in [-0.1, -0.05) is 12.8 Å². The van der Waals surface area contributed by atoms with Crippen LogP contribution in [0.5, 0.6) is 0 Å². The lowest BCUT2D eigenvalue weighted by Gasteiger charge is -2.26. The third-order valence-electron chi connectivity index (χ3n) is 4.18. The van der Waals surface area contributed by atoms with Gasteiger partial charge in [0.15, 0.2) is 0 Å². The Bertz CT molecular complexity index is 202. The minimum Gasteiger partial charge on any atom is -0.396 e.